The number of rotatable bonds is 8. The van der Waals surface area contributed by atoms with E-state index in [1.807, 2.05) is 23.9 Å². The number of hydrogen-bond donors (Lipinski definition) is 0. The van der Waals surface area contributed by atoms with Gasteiger partial charge in [0, 0.05) is 0 Å². The molecule has 0 N–H and O–H groups in total. The third-order valence-corrected chi connectivity index (χ3v) is 8.72. The lowest BCUT2D eigenvalue weighted by Gasteiger charge is -2.42. The summed E-state index contributed by atoms with van der Waals surface area (Å²) in [6.07, 6.45) is 3.52. The van der Waals surface area contributed by atoms with Crippen molar-refractivity contribution >= 4 is 11.8 Å². The smallest absolute Gasteiger partial charge is 0.128 e. The van der Waals surface area contributed by atoms with Gasteiger partial charge in [0.05, 0.1) is 12.5 Å². The molecule has 0 bridgehead atoms. The second kappa shape index (κ2) is 10.0. The lowest BCUT2D eigenvalue weighted by molar-refractivity contribution is 0.477. The zero-order valence-corrected chi connectivity index (χ0v) is 21.1. The summed E-state index contributed by atoms with van der Waals surface area (Å²) < 4.78 is 11.2. The maximum atomic E-state index is 6.29. The van der Waals surface area contributed by atoms with Crippen LogP contribution in [0.4, 0.5) is 0 Å². The molecule has 0 saturated heterocycles. The van der Waals surface area contributed by atoms with Crippen molar-refractivity contribution in [2.24, 2.45) is 0 Å². The van der Waals surface area contributed by atoms with Crippen LogP contribution in [0.3, 0.4) is 0 Å². The minimum absolute atomic E-state index is 0.690. The minimum atomic E-state index is -0.690. The molecule has 0 amide bonds. The summed E-state index contributed by atoms with van der Waals surface area (Å²) in [5.74, 6) is 1.72. The van der Waals surface area contributed by atoms with Gasteiger partial charge in [0.15, 0.2) is 0 Å². The molecule has 0 saturated carbocycles. The first kappa shape index (κ1) is 23.2. The van der Waals surface area contributed by atoms with E-state index in [1.165, 1.54) is 0 Å². The van der Waals surface area contributed by atoms with Crippen molar-refractivity contribution in [1.82, 2.24) is 0 Å². The molecular weight excluding hydrogens is 472 g/mol. The van der Waals surface area contributed by atoms with Crippen LogP contribution < -0.4 is 0 Å². The average Bonchev–Trinajstić information content (AvgIpc) is 3.72. The highest BCUT2D eigenvalue weighted by atomic mass is 32.2. The van der Waals surface area contributed by atoms with E-state index in [4.69, 9.17) is 8.83 Å². The van der Waals surface area contributed by atoms with Crippen molar-refractivity contribution in [2.45, 2.75) is 9.49 Å². The molecule has 0 aliphatic rings. The number of hydrogen-bond acceptors (Lipinski definition) is 3. The Bertz CT molecular complexity index is 1310. The second-order valence-corrected chi connectivity index (χ2v) is 10.3. The lowest BCUT2D eigenvalue weighted by atomic mass is 9.86. The minimum Gasteiger partial charge on any atom is -0.467 e. The van der Waals surface area contributed by atoms with Crippen LogP contribution in [0, 0.1) is 0 Å². The summed E-state index contributed by atoms with van der Waals surface area (Å²) in [7, 11) is 0. The van der Waals surface area contributed by atoms with Crippen molar-refractivity contribution in [2.75, 3.05) is 0 Å². The third-order valence-electron chi connectivity index (χ3n) is 6.76. The molecule has 0 aliphatic carbocycles. The van der Waals surface area contributed by atoms with Gasteiger partial charge in [-0.2, -0.15) is 0 Å². The maximum absolute atomic E-state index is 6.29. The maximum Gasteiger partial charge on any atom is 0.128 e. The Hall–Kier alpha value is -4.21. The molecule has 0 spiro atoms. The molecule has 37 heavy (non-hydrogen) atoms. The first-order chi connectivity index (χ1) is 18.3. The van der Waals surface area contributed by atoms with Crippen LogP contribution in [-0.2, 0) is 9.49 Å². The number of benzene rings is 4. The summed E-state index contributed by atoms with van der Waals surface area (Å²) in [6.45, 7) is 0. The quantitative estimate of drug-likeness (QED) is 0.210. The molecule has 180 valence electrons. The van der Waals surface area contributed by atoms with Crippen molar-refractivity contribution < 1.29 is 8.83 Å². The predicted octanol–water partition coefficient (Wildman–Crippen LogP) is 8.89. The van der Waals surface area contributed by atoms with Gasteiger partial charge in [-0.15, -0.1) is 11.8 Å². The van der Waals surface area contributed by atoms with Crippen LogP contribution in [-0.4, -0.2) is 0 Å². The molecule has 4 aromatic carbocycles. The molecule has 0 aliphatic heterocycles. The van der Waals surface area contributed by atoms with E-state index in [9.17, 15) is 0 Å². The van der Waals surface area contributed by atoms with Crippen molar-refractivity contribution in [3.05, 3.63) is 192 Å². The highest BCUT2D eigenvalue weighted by Crippen LogP contribution is 2.61. The van der Waals surface area contributed by atoms with Gasteiger partial charge in [-0.25, -0.2) is 0 Å². The molecule has 2 heterocycles. The Balaban J connectivity index is 1.74. The molecule has 2 nitrogen and oxygen atoms in total. The van der Waals surface area contributed by atoms with Gasteiger partial charge >= 0.3 is 0 Å². The summed E-state index contributed by atoms with van der Waals surface area (Å²) in [5, 5.41) is 0. The summed E-state index contributed by atoms with van der Waals surface area (Å²) >= 11 is 1.83. The zero-order valence-electron chi connectivity index (χ0n) is 20.2. The van der Waals surface area contributed by atoms with Crippen LogP contribution >= 0.6 is 11.8 Å². The molecule has 0 fully saturated rings. The van der Waals surface area contributed by atoms with Crippen molar-refractivity contribution in [1.29, 1.82) is 0 Å². The van der Waals surface area contributed by atoms with Crippen LogP contribution in [0.5, 0.6) is 0 Å². The van der Waals surface area contributed by atoms with Crippen LogP contribution in [0.15, 0.2) is 167 Å². The Kier molecular flexibility index (Phi) is 6.30. The summed E-state index contributed by atoms with van der Waals surface area (Å²) in [5.41, 5.74) is 4.51. The van der Waals surface area contributed by atoms with Gasteiger partial charge in [-0.3, -0.25) is 0 Å². The fraction of sp³-hybridized carbons (Fsp3) is 0.0588. The Morgan fingerprint density at radius 2 is 0.649 bits per heavy atom. The van der Waals surface area contributed by atoms with E-state index in [0.717, 1.165) is 33.8 Å². The fourth-order valence-corrected chi connectivity index (χ4v) is 7.03. The van der Waals surface area contributed by atoms with Gasteiger partial charge in [0.2, 0.25) is 0 Å². The summed E-state index contributed by atoms with van der Waals surface area (Å²) in [6, 6.07) is 50.6. The summed E-state index contributed by atoms with van der Waals surface area (Å²) in [4.78, 5) is 0. The van der Waals surface area contributed by atoms with Gasteiger partial charge in [-0.05, 0) is 46.5 Å². The molecule has 6 rings (SSSR count). The SMILES string of the molecule is c1ccc(C(SC(c2ccccc2)(c2ccccc2)c2ccco2)(c2ccccc2)c2ccco2)cc1. The first-order valence-electron chi connectivity index (χ1n) is 12.3. The highest BCUT2D eigenvalue weighted by Gasteiger charge is 2.51. The van der Waals surface area contributed by atoms with E-state index in [2.05, 4.69) is 133 Å². The van der Waals surface area contributed by atoms with Crippen LogP contribution in [0.2, 0.25) is 0 Å². The van der Waals surface area contributed by atoms with E-state index < -0.39 is 9.49 Å². The molecule has 0 atom stereocenters. The van der Waals surface area contributed by atoms with E-state index in [-0.39, 0.29) is 0 Å². The Morgan fingerprint density at radius 3 is 0.892 bits per heavy atom. The molecule has 6 aromatic rings. The molecule has 2 aromatic heterocycles. The van der Waals surface area contributed by atoms with Crippen LogP contribution in [0.1, 0.15) is 33.8 Å². The third kappa shape index (κ3) is 4.02. The predicted molar refractivity (Wildman–Crippen MR) is 151 cm³/mol. The van der Waals surface area contributed by atoms with Gasteiger partial charge in [0.1, 0.15) is 21.0 Å². The number of thioether (sulfide) groups is 1. The Labute approximate surface area is 221 Å². The fourth-order valence-electron chi connectivity index (χ4n) is 5.12. The van der Waals surface area contributed by atoms with Gasteiger partial charge in [-0.1, -0.05) is 121 Å². The molecular formula is C34H26O2S. The Morgan fingerprint density at radius 1 is 0.351 bits per heavy atom. The van der Waals surface area contributed by atoms with Crippen molar-refractivity contribution in [3.8, 4) is 0 Å². The normalized spacial score (nSPS) is 11.9. The largest absolute Gasteiger partial charge is 0.467 e. The highest BCUT2D eigenvalue weighted by molar-refractivity contribution is 8.02. The van der Waals surface area contributed by atoms with E-state index in [1.54, 1.807) is 12.5 Å². The van der Waals surface area contributed by atoms with Crippen LogP contribution in [0.25, 0.3) is 0 Å². The van der Waals surface area contributed by atoms with Crippen molar-refractivity contribution in [3.63, 3.8) is 0 Å². The standard InChI is InChI=1S/C34H26O2S/c1-5-15-27(16-6-1)33(31-23-13-25-35-31,28-17-7-2-8-18-28)37-34(32-24-14-26-36-32,29-19-9-3-10-20-29)30-21-11-4-12-22-30/h1-26H. The molecule has 0 unspecified atom stereocenters. The number of furan rings is 2. The second-order valence-electron chi connectivity index (χ2n) is 8.88. The van der Waals surface area contributed by atoms with Gasteiger partial charge < -0.3 is 8.83 Å². The van der Waals surface area contributed by atoms with E-state index >= 15 is 0 Å². The first-order valence-corrected chi connectivity index (χ1v) is 13.2. The monoisotopic (exact) mass is 498 g/mol. The zero-order chi connectivity index (χ0) is 25.0. The lowest BCUT2D eigenvalue weighted by Crippen LogP contribution is -2.35. The average molecular weight is 499 g/mol. The van der Waals surface area contributed by atoms with E-state index in [0.29, 0.717) is 0 Å². The van der Waals surface area contributed by atoms with Gasteiger partial charge in [0.25, 0.3) is 0 Å². The molecule has 3 heteroatoms. The topological polar surface area (TPSA) is 26.3 Å². The molecule has 0 radical (unpaired) electrons.